The van der Waals surface area contributed by atoms with Crippen LogP contribution in [0.2, 0.25) is 0 Å². The Bertz CT molecular complexity index is 320. The predicted octanol–water partition coefficient (Wildman–Crippen LogP) is 0.714. The lowest BCUT2D eigenvalue weighted by molar-refractivity contribution is -0.143. The minimum absolute atomic E-state index is 0.106. The maximum Gasteiger partial charge on any atom is 0.307 e. The van der Waals surface area contributed by atoms with Gasteiger partial charge < -0.3 is 5.11 Å². The molecule has 5 heteroatoms. The summed E-state index contributed by atoms with van der Waals surface area (Å²) in [5.41, 5.74) is 0.730. The fraction of sp³-hybridized carbons (Fsp3) is 0.667. The van der Waals surface area contributed by atoms with E-state index in [-0.39, 0.29) is 11.8 Å². The SMILES string of the molecule is CC(C)C(Cc1cn(C)nn1)C(=O)O. The first-order valence-electron chi connectivity index (χ1n) is 4.58. The number of carbonyl (C=O) groups is 1. The van der Waals surface area contributed by atoms with E-state index in [0.717, 1.165) is 5.69 Å². The van der Waals surface area contributed by atoms with Crippen molar-refractivity contribution in [2.75, 3.05) is 0 Å². The molecule has 0 spiro atoms. The third-order valence-electron chi connectivity index (χ3n) is 2.20. The van der Waals surface area contributed by atoms with E-state index < -0.39 is 5.97 Å². The van der Waals surface area contributed by atoms with Crippen molar-refractivity contribution in [2.45, 2.75) is 20.3 Å². The Morgan fingerprint density at radius 2 is 2.29 bits per heavy atom. The molecule has 0 amide bonds. The van der Waals surface area contributed by atoms with Gasteiger partial charge in [-0.2, -0.15) is 0 Å². The highest BCUT2D eigenvalue weighted by atomic mass is 16.4. The highest BCUT2D eigenvalue weighted by Gasteiger charge is 2.22. The van der Waals surface area contributed by atoms with E-state index in [1.165, 1.54) is 0 Å². The first-order valence-corrected chi connectivity index (χ1v) is 4.58. The van der Waals surface area contributed by atoms with Gasteiger partial charge in [-0.15, -0.1) is 5.10 Å². The van der Waals surface area contributed by atoms with Crippen LogP contribution in [0.15, 0.2) is 6.20 Å². The summed E-state index contributed by atoms with van der Waals surface area (Å²) in [5.74, 6) is -1.05. The van der Waals surface area contributed by atoms with E-state index in [1.54, 1.807) is 17.9 Å². The maximum atomic E-state index is 10.9. The van der Waals surface area contributed by atoms with E-state index in [1.807, 2.05) is 13.8 Å². The van der Waals surface area contributed by atoms with E-state index in [9.17, 15) is 4.79 Å². The normalized spacial score (nSPS) is 13.1. The van der Waals surface area contributed by atoms with E-state index in [0.29, 0.717) is 6.42 Å². The number of aliphatic carboxylic acids is 1. The standard InChI is InChI=1S/C9H15N3O2/c1-6(2)8(9(13)14)4-7-5-12(3)11-10-7/h5-6,8H,4H2,1-3H3,(H,13,14). The molecule has 1 aromatic rings. The van der Waals surface area contributed by atoms with Gasteiger partial charge in [-0.3, -0.25) is 9.48 Å². The largest absolute Gasteiger partial charge is 0.481 e. The summed E-state index contributed by atoms with van der Waals surface area (Å²) >= 11 is 0. The van der Waals surface area contributed by atoms with E-state index >= 15 is 0 Å². The fourth-order valence-corrected chi connectivity index (χ4v) is 1.32. The molecule has 0 fully saturated rings. The van der Waals surface area contributed by atoms with Crippen LogP contribution < -0.4 is 0 Å². The van der Waals surface area contributed by atoms with Crippen molar-refractivity contribution in [2.24, 2.45) is 18.9 Å². The maximum absolute atomic E-state index is 10.9. The minimum atomic E-state index is -0.773. The van der Waals surface area contributed by atoms with Crippen LogP contribution in [0.4, 0.5) is 0 Å². The summed E-state index contributed by atoms with van der Waals surface area (Å²) in [4.78, 5) is 10.9. The van der Waals surface area contributed by atoms with Crippen LogP contribution in [0.5, 0.6) is 0 Å². The zero-order valence-corrected chi connectivity index (χ0v) is 8.64. The third-order valence-corrected chi connectivity index (χ3v) is 2.20. The van der Waals surface area contributed by atoms with Crippen LogP contribution in [0.25, 0.3) is 0 Å². The van der Waals surface area contributed by atoms with Gasteiger partial charge in [0.1, 0.15) is 0 Å². The second kappa shape index (κ2) is 4.21. The predicted molar refractivity (Wildman–Crippen MR) is 50.7 cm³/mol. The lowest BCUT2D eigenvalue weighted by atomic mass is 9.92. The molecule has 1 rings (SSSR count). The number of nitrogens with zero attached hydrogens (tertiary/aromatic N) is 3. The highest BCUT2D eigenvalue weighted by molar-refractivity contribution is 5.70. The van der Waals surface area contributed by atoms with Crippen LogP contribution >= 0.6 is 0 Å². The summed E-state index contributed by atoms with van der Waals surface area (Å²) in [6.45, 7) is 3.80. The summed E-state index contributed by atoms with van der Waals surface area (Å²) in [7, 11) is 1.77. The molecule has 0 radical (unpaired) electrons. The lowest BCUT2D eigenvalue weighted by Crippen LogP contribution is -2.22. The van der Waals surface area contributed by atoms with E-state index in [4.69, 9.17) is 5.11 Å². The second-order valence-electron chi connectivity index (χ2n) is 3.78. The van der Waals surface area contributed by atoms with Crippen molar-refractivity contribution in [3.8, 4) is 0 Å². The van der Waals surface area contributed by atoms with Crippen LogP contribution in [0.3, 0.4) is 0 Å². The van der Waals surface area contributed by atoms with Crippen LogP contribution in [-0.2, 0) is 18.3 Å². The molecule has 1 heterocycles. The summed E-state index contributed by atoms with van der Waals surface area (Å²) in [6.07, 6.45) is 2.19. The first kappa shape index (κ1) is 10.7. The van der Waals surface area contributed by atoms with Crippen molar-refractivity contribution in [1.82, 2.24) is 15.0 Å². The molecule has 0 aliphatic heterocycles. The third kappa shape index (κ3) is 2.55. The number of carboxylic acids is 1. The van der Waals surface area contributed by atoms with Crippen LogP contribution in [-0.4, -0.2) is 26.1 Å². The van der Waals surface area contributed by atoms with Crippen molar-refractivity contribution >= 4 is 5.97 Å². The van der Waals surface area contributed by atoms with Gasteiger partial charge in [-0.05, 0) is 5.92 Å². The van der Waals surface area contributed by atoms with Crippen molar-refractivity contribution in [3.05, 3.63) is 11.9 Å². The van der Waals surface area contributed by atoms with Gasteiger partial charge in [0, 0.05) is 19.7 Å². The Labute approximate surface area is 82.7 Å². The highest BCUT2D eigenvalue weighted by Crippen LogP contribution is 2.15. The molecule has 78 valence electrons. The Morgan fingerprint density at radius 1 is 1.64 bits per heavy atom. The molecule has 14 heavy (non-hydrogen) atoms. The molecule has 1 unspecified atom stereocenters. The molecule has 0 saturated carbocycles. The Balaban J connectivity index is 2.69. The van der Waals surface area contributed by atoms with Gasteiger partial charge in [0.25, 0.3) is 0 Å². The number of carboxylic acid groups (broad SMARTS) is 1. The number of rotatable bonds is 4. The van der Waals surface area contributed by atoms with Gasteiger partial charge in [-0.25, -0.2) is 0 Å². The molecule has 0 bridgehead atoms. The van der Waals surface area contributed by atoms with Crippen molar-refractivity contribution in [1.29, 1.82) is 0 Å². The molecule has 1 aromatic heterocycles. The molecule has 5 nitrogen and oxygen atoms in total. The molecular weight excluding hydrogens is 182 g/mol. The summed E-state index contributed by atoms with van der Waals surface area (Å²) in [6, 6.07) is 0. The second-order valence-corrected chi connectivity index (χ2v) is 3.78. The average molecular weight is 197 g/mol. The summed E-state index contributed by atoms with van der Waals surface area (Å²) < 4.78 is 1.58. The average Bonchev–Trinajstić information content (AvgIpc) is 2.46. The lowest BCUT2D eigenvalue weighted by Gasteiger charge is -2.13. The van der Waals surface area contributed by atoms with Gasteiger partial charge >= 0.3 is 5.97 Å². The molecule has 1 N–H and O–H groups in total. The fourth-order valence-electron chi connectivity index (χ4n) is 1.32. The molecule has 0 saturated heterocycles. The number of aromatic nitrogens is 3. The van der Waals surface area contributed by atoms with Gasteiger partial charge in [-0.1, -0.05) is 19.1 Å². The quantitative estimate of drug-likeness (QED) is 0.772. The van der Waals surface area contributed by atoms with Crippen LogP contribution in [0, 0.1) is 11.8 Å². The first-order chi connectivity index (χ1) is 6.50. The number of hydrogen-bond donors (Lipinski definition) is 1. The van der Waals surface area contributed by atoms with Crippen LogP contribution in [0.1, 0.15) is 19.5 Å². The molecule has 0 aromatic carbocycles. The minimum Gasteiger partial charge on any atom is -0.481 e. The monoisotopic (exact) mass is 197 g/mol. The van der Waals surface area contributed by atoms with Crippen molar-refractivity contribution in [3.63, 3.8) is 0 Å². The Hall–Kier alpha value is -1.39. The Morgan fingerprint density at radius 3 is 2.64 bits per heavy atom. The molecular formula is C9H15N3O2. The van der Waals surface area contributed by atoms with E-state index in [2.05, 4.69) is 10.3 Å². The van der Waals surface area contributed by atoms with Gasteiger partial charge in [0.2, 0.25) is 0 Å². The molecule has 0 aliphatic rings. The molecule has 0 aliphatic carbocycles. The number of hydrogen-bond acceptors (Lipinski definition) is 3. The van der Waals surface area contributed by atoms with Gasteiger partial charge in [0.05, 0.1) is 11.6 Å². The topological polar surface area (TPSA) is 68.0 Å². The zero-order valence-electron chi connectivity index (χ0n) is 8.64. The van der Waals surface area contributed by atoms with Gasteiger partial charge in [0.15, 0.2) is 0 Å². The Kier molecular flexibility index (Phi) is 3.22. The summed E-state index contributed by atoms with van der Waals surface area (Å²) in [5, 5.41) is 16.6. The number of aryl methyl sites for hydroxylation is 1. The zero-order chi connectivity index (χ0) is 10.7. The molecule has 1 atom stereocenters. The van der Waals surface area contributed by atoms with Crippen molar-refractivity contribution < 1.29 is 9.90 Å². The smallest absolute Gasteiger partial charge is 0.307 e.